The molecule has 1 rings (SSSR count). The highest BCUT2D eigenvalue weighted by Gasteiger charge is 1.86. The minimum absolute atomic E-state index is 0.980. The number of rotatable bonds is 0. The fourth-order valence-electron chi connectivity index (χ4n) is 0.466. The Hall–Kier alpha value is -0.120. The molecule has 0 unspecified atom stereocenters. The Balaban J connectivity index is 2.69. The SMILES string of the molecule is IC1=CC=CN=CC1. The molecule has 2 heteroatoms. The molecule has 0 atom stereocenters. The van der Waals surface area contributed by atoms with E-state index >= 15 is 0 Å². The van der Waals surface area contributed by atoms with Gasteiger partial charge in [-0.15, -0.1) is 0 Å². The van der Waals surface area contributed by atoms with Crippen LogP contribution in [0.15, 0.2) is 26.9 Å². The topological polar surface area (TPSA) is 12.4 Å². The zero-order chi connectivity index (χ0) is 5.82. The highest BCUT2D eigenvalue weighted by molar-refractivity contribution is 14.1. The van der Waals surface area contributed by atoms with Crippen LogP contribution in [-0.2, 0) is 0 Å². The summed E-state index contributed by atoms with van der Waals surface area (Å²) in [5.74, 6) is 0. The van der Waals surface area contributed by atoms with E-state index < -0.39 is 0 Å². The lowest BCUT2D eigenvalue weighted by Gasteiger charge is -1.83. The molecule has 0 bridgehead atoms. The van der Waals surface area contributed by atoms with Crippen molar-refractivity contribution in [2.24, 2.45) is 4.99 Å². The van der Waals surface area contributed by atoms with Crippen LogP contribution in [0.25, 0.3) is 0 Å². The standard InChI is InChI=1S/C6H6IN/c7-6-2-1-4-8-5-3-6/h1-2,4-5H,3H2. The third-order valence-electron chi connectivity index (χ3n) is 0.841. The fourth-order valence-corrected chi connectivity index (χ4v) is 0.871. The summed E-state index contributed by atoms with van der Waals surface area (Å²) in [5, 5.41) is 0. The molecule has 8 heavy (non-hydrogen) atoms. The molecule has 0 aromatic carbocycles. The number of allylic oxidation sites excluding steroid dienone is 3. The van der Waals surface area contributed by atoms with Gasteiger partial charge >= 0.3 is 0 Å². The Morgan fingerprint density at radius 2 is 2.50 bits per heavy atom. The van der Waals surface area contributed by atoms with Gasteiger partial charge in [0.05, 0.1) is 0 Å². The third kappa shape index (κ3) is 1.78. The molecule has 0 spiro atoms. The molecule has 1 heterocycles. The first-order valence-electron chi connectivity index (χ1n) is 2.42. The molecule has 1 nitrogen and oxygen atoms in total. The predicted molar refractivity (Wildman–Crippen MR) is 44.4 cm³/mol. The molecule has 0 aromatic rings. The second-order valence-electron chi connectivity index (χ2n) is 1.49. The molecule has 0 saturated heterocycles. The van der Waals surface area contributed by atoms with Crippen LogP contribution in [0.3, 0.4) is 0 Å². The minimum atomic E-state index is 0.980. The van der Waals surface area contributed by atoms with Crippen LogP contribution in [0.4, 0.5) is 0 Å². The quantitative estimate of drug-likeness (QED) is 0.554. The summed E-state index contributed by atoms with van der Waals surface area (Å²) in [6.45, 7) is 0. The third-order valence-corrected chi connectivity index (χ3v) is 1.64. The predicted octanol–water partition coefficient (Wildman–Crippen LogP) is 2.29. The van der Waals surface area contributed by atoms with Gasteiger partial charge in [-0.25, -0.2) is 0 Å². The lowest BCUT2D eigenvalue weighted by atomic mass is 10.4. The number of hydrogen-bond acceptors (Lipinski definition) is 1. The average molecular weight is 219 g/mol. The highest BCUT2D eigenvalue weighted by Crippen LogP contribution is 2.10. The summed E-state index contributed by atoms with van der Waals surface area (Å²) in [5.41, 5.74) is 0. The summed E-state index contributed by atoms with van der Waals surface area (Å²) < 4.78 is 1.33. The highest BCUT2D eigenvalue weighted by atomic mass is 127. The van der Waals surface area contributed by atoms with Gasteiger partial charge in [0.1, 0.15) is 0 Å². The number of nitrogens with zero attached hydrogens (tertiary/aromatic N) is 1. The minimum Gasteiger partial charge on any atom is -0.269 e. The van der Waals surface area contributed by atoms with E-state index in [9.17, 15) is 0 Å². The lowest BCUT2D eigenvalue weighted by Crippen LogP contribution is -1.69. The fraction of sp³-hybridized carbons (Fsp3) is 0.167. The van der Waals surface area contributed by atoms with Gasteiger partial charge in [0.2, 0.25) is 0 Å². The first-order chi connectivity index (χ1) is 3.89. The first kappa shape index (κ1) is 6.01. The van der Waals surface area contributed by atoms with E-state index in [-0.39, 0.29) is 0 Å². The van der Waals surface area contributed by atoms with Crippen LogP contribution in [-0.4, -0.2) is 6.21 Å². The molecule has 0 fully saturated rings. The van der Waals surface area contributed by atoms with E-state index in [1.54, 1.807) is 6.20 Å². The Labute approximate surface area is 62.3 Å². The zero-order valence-electron chi connectivity index (χ0n) is 4.34. The van der Waals surface area contributed by atoms with Gasteiger partial charge in [-0.3, -0.25) is 4.99 Å². The first-order valence-corrected chi connectivity index (χ1v) is 3.50. The van der Waals surface area contributed by atoms with E-state index in [2.05, 4.69) is 33.7 Å². The maximum atomic E-state index is 3.96. The molecule has 0 aromatic heterocycles. The Bertz CT molecular complexity index is 156. The summed E-state index contributed by atoms with van der Waals surface area (Å²) in [6, 6.07) is 0. The largest absolute Gasteiger partial charge is 0.269 e. The van der Waals surface area contributed by atoms with Gasteiger partial charge in [0.25, 0.3) is 0 Å². The summed E-state index contributed by atoms with van der Waals surface area (Å²) >= 11 is 2.30. The van der Waals surface area contributed by atoms with Crippen molar-refractivity contribution < 1.29 is 0 Å². The Morgan fingerprint density at radius 3 is 3.38 bits per heavy atom. The van der Waals surface area contributed by atoms with Gasteiger partial charge in [-0.2, -0.15) is 0 Å². The molecule has 0 N–H and O–H groups in total. The summed E-state index contributed by atoms with van der Waals surface area (Å²) in [4.78, 5) is 3.96. The van der Waals surface area contributed by atoms with Crippen molar-refractivity contribution in [2.75, 3.05) is 0 Å². The summed E-state index contributed by atoms with van der Waals surface area (Å²) in [7, 11) is 0. The molecular formula is C6H6IN. The van der Waals surface area contributed by atoms with E-state index in [0.717, 1.165) is 6.42 Å². The summed E-state index contributed by atoms with van der Waals surface area (Å²) in [6.07, 6.45) is 8.69. The molecule has 1 aliphatic rings. The Kier molecular flexibility index (Phi) is 2.27. The number of hydrogen-bond donors (Lipinski definition) is 0. The van der Waals surface area contributed by atoms with Crippen LogP contribution >= 0.6 is 22.6 Å². The van der Waals surface area contributed by atoms with Gasteiger partial charge in [-0.05, 0) is 32.2 Å². The lowest BCUT2D eigenvalue weighted by molar-refractivity contribution is 1.49. The molecule has 1 aliphatic heterocycles. The normalized spacial score (nSPS) is 17.9. The zero-order valence-corrected chi connectivity index (χ0v) is 6.50. The van der Waals surface area contributed by atoms with Gasteiger partial charge < -0.3 is 0 Å². The van der Waals surface area contributed by atoms with E-state index in [4.69, 9.17) is 0 Å². The number of halogens is 1. The van der Waals surface area contributed by atoms with Crippen LogP contribution in [0.5, 0.6) is 0 Å². The van der Waals surface area contributed by atoms with Gasteiger partial charge in [0, 0.05) is 18.8 Å². The van der Waals surface area contributed by atoms with Crippen molar-refractivity contribution in [3.8, 4) is 0 Å². The van der Waals surface area contributed by atoms with Crippen LogP contribution in [0, 0.1) is 0 Å². The van der Waals surface area contributed by atoms with Crippen LogP contribution < -0.4 is 0 Å². The van der Waals surface area contributed by atoms with Crippen molar-refractivity contribution in [3.05, 3.63) is 21.9 Å². The van der Waals surface area contributed by atoms with Crippen LogP contribution in [0.2, 0.25) is 0 Å². The molecule has 0 amide bonds. The van der Waals surface area contributed by atoms with E-state index in [0.29, 0.717) is 0 Å². The molecule has 0 saturated carbocycles. The van der Waals surface area contributed by atoms with Crippen molar-refractivity contribution in [2.45, 2.75) is 6.42 Å². The van der Waals surface area contributed by atoms with Crippen molar-refractivity contribution in [1.29, 1.82) is 0 Å². The van der Waals surface area contributed by atoms with Crippen molar-refractivity contribution in [3.63, 3.8) is 0 Å². The van der Waals surface area contributed by atoms with E-state index in [1.165, 1.54) is 3.58 Å². The maximum Gasteiger partial charge on any atom is 0.0264 e. The molecular weight excluding hydrogens is 213 g/mol. The molecule has 42 valence electrons. The second-order valence-corrected chi connectivity index (χ2v) is 2.88. The van der Waals surface area contributed by atoms with E-state index in [1.807, 2.05) is 12.3 Å². The average Bonchev–Trinajstić information content (AvgIpc) is 1.94. The molecule has 0 aliphatic carbocycles. The second kappa shape index (κ2) is 3.02. The van der Waals surface area contributed by atoms with Gasteiger partial charge in [0.15, 0.2) is 0 Å². The van der Waals surface area contributed by atoms with Crippen molar-refractivity contribution in [1.82, 2.24) is 0 Å². The Morgan fingerprint density at radius 1 is 1.62 bits per heavy atom. The number of aliphatic imine (C=N–C) groups is 1. The van der Waals surface area contributed by atoms with Gasteiger partial charge in [-0.1, -0.05) is 6.08 Å². The smallest absolute Gasteiger partial charge is 0.0264 e. The monoisotopic (exact) mass is 219 g/mol. The maximum absolute atomic E-state index is 3.96. The van der Waals surface area contributed by atoms with Crippen molar-refractivity contribution >= 4 is 28.8 Å². The molecule has 0 radical (unpaired) electrons. The van der Waals surface area contributed by atoms with Crippen LogP contribution in [0.1, 0.15) is 6.42 Å².